The van der Waals surface area contributed by atoms with Crippen molar-refractivity contribution in [2.75, 3.05) is 18.4 Å². The molecule has 0 radical (unpaired) electrons. The van der Waals surface area contributed by atoms with E-state index in [-0.39, 0.29) is 29.3 Å². The highest BCUT2D eigenvalue weighted by Gasteiger charge is 2.42. The number of rotatable bonds is 6. The zero-order chi connectivity index (χ0) is 23.2. The lowest BCUT2D eigenvalue weighted by Crippen LogP contribution is -2.63. The summed E-state index contributed by atoms with van der Waals surface area (Å²) in [5.74, 6) is -0.226. The molecule has 2 N–H and O–H groups in total. The van der Waals surface area contributed by atoms with E-state index in [4.69, 9.17) is 0 Å². The number of nitrogens with one attached hydrogen (secondary N) is 2. The van der Waals surface area contributed by atoms with E-state index >= 15 is 0 Å². The van der Waals surface area contributed by atoms with Gasteiger partial charge in [-0.15, -0.1) is 11.3 Å². The van der Waals surface area contributed by atoms with E-state index in [1.807, 2.05) is 25.3 Å². The molecule has 2 amide bonds. The van der Waals surface area contributed by atoms with Crippen LogP contribution < -0.4 is 10.6 Å². The highest BCUT2D eigenvalue weighted by Crippen LogP contribution is 2.40. The Morgan fingerprint density at radius 3 is 2.76 bits per heavy atom. The number of likely N-dealkylation sites (tertiary alicyclic amines) is 1. The number of halogens is 1. The molecule has 10 heteroatoms. The summed E-state index contributed by atoms with van der Waals surface area (Å²) in [7, 11) is 0. The normalized spacial score (nSPS) is 18.3. The third-order valence-corrected chi connectivity index (χ3v) is 7.50. The Morgan fingerprint density at radius 1 is 1.27 bits per heavy atom. The van der Waals surface area contributed by atoms with Crippen LogP contribution >= 0.6 is 11.3 Å². The van der Waals surface area contributed by atoms with Gasteiger partial charge in [0.1, 0.15) is 5.82 Å². The maximum atomic E-state index is 13.5. The fourth-order valence-electron chi connectivity index (χ4n) is 4.19. The average molecular weight is 469 g/mol. The van der Waals surface area contributed by atoms with E-state index in [2.05, 4.69) is 25.6 Å². The zero-order valence-corrected chi connectivity index (χ0v) is 19.3. The lowest BCUT2D eigenvalue weighted by Gasteiger charge is -2.43. The molecule has 33 heavy (non-hydrogen) atoms. The minimum absolute atomic E-state index is 0.0300. The number of amides is 2. The lowest BCUT2D eigenvalue weighted by atomic mass is 9.69. The van der Waals surface area contributed by atoms with Crippen molar-refractivity contribution in [3.8, 4) is 0 Å². The standard InChI is InChI=1S/C23H25FN6O2S/c1-13(14-8-15(24)10-25-9-14)26-22-28-17-4-7-33-19(17)18(29-22)20(31)30-11-16(12-30)27-21(32)23(2)5-3-6-23/h4,7-10,13,16H,3,5-6,11-12H2,1-2H3,(H,27,32)(H,26,28,29)/t13-/m0/s1. The van der Waals surface area contributed by atoms with Crippen LogP contribution in [0.4, 0.5) is 10.3 Å². The van der Waals surface area contributed by atoms with Gasteiger partial charge in [0.25, 0.3) is 5.91 Å². The third kappa shape index (κ3) is 4.15. The van der Waals surface area contributed by atoms with Crippen molar-refractivity contribution in [3.05, 3.63) is 47.0 Å². The fraction of sp³-hybridized carbons (Fsp3) is 0.435. The molecule has 1 aliphatic carbocycles. The molecule has 0 spiro atoms. The van der Waals surface area contributed by atoms with Crippen molar-refractivity contribution >= 4 is 39.3 Å². The number of anilines is 1. The van der Waals surface area contributed by atoms with Crippen LogP contribution in [0.1, 0.15) is 55.2 Å². The van der Waals surface area contributed by atoms with Gasteiger partial charge in [-0.3, -0.25) is 14.6 Å². The Labute approximate surface area is 194 Å². The summed E-state index contributed by atoms with van der Waals surface area (Å²) in [4.78, 5) is 40.3. The van der Waals surface area contributed by atoms with Gasteiger partial charge in [-0.25, -0.2) is 14.4 Å². The van der Waals surface area contributed by atoms with Crippen LogP contribution in [0.5, 0.6) is 0 Å². The molecule has 4 heterocycles. The molecule has 1 aliphatic heterocycles. The minimum Gasteiger partial charge on any atom is -0.349 e. The van der Waals surface area contributed by atoms with E-state index in [0.29, 0.717) is 35.8 Å². The quantitative estimate of drug-likeness (QED) is 0.574. The van der Waals surface area contributed by atoms with Crippen LogP contribution in [0, 0.1) is 11.2 Å². The van der Waals surface area contributed by atoms with E-state index < -0.39 is 5.82 Å². The van der Waals surface area contributed by atoms with Gasteiger partial charge in [-0.1, -0.05) is 13.3 Å². The molecule has 0 aromatic carbocycles. The Bertz CT molecular complexity index is 1220. The summed E-state index contributed by atoms with van der Waals surface area (Å²) in [6.45, 7) is 4.78. The van der Waals surface area contributed by atoms with Crippen LogP contribution in [-0.2, 0) is 4.79 Å². The van der Waals surface area contributed by atoms with Crippen molar-refractivity contribution in [3.63, 3.8) is 0 Å². The highest BCUT2D eigenvalue weighted by atomic mass is 32.1. The number of aromatic nitrogens is 3. The van der Waals surface area contributed by atoms with Gasteiger partial charge in [-0.2, -0.15) is 0 Å². The molecule has 8 nitrogen and oxygen atoms in total. The summed E-state index contributed by atoms with van der Waals surface area (Å²) < 4.78 is 14.3. The lowest BCUT2D eigenvalue weighted by molar-refractivity contribution is -0.136. The molecule has 3 aromatic rings. The fourth-order valence-corrected chi connectivity index (χ4v) is 5.01. The van der Waals surface area contributed by atoms with Crippen LogP contribution in [0.3, 0.4) is 0 Å². The first-order valence-electron chi connectivity index (χ1n) is 11.0. The van der Waals surface area contributed by atoms with Crippen LogP contribution in [0.2, 0.25) is 0 Å². The second-order valence-corrected chi connectivity index (χ2v) is 10.0. The van der Waals surface area contributed by atoms with E-state index in [1.54, 1.807) is 11.1 Å². The first-order valence-corrected chi connectivity index (χ1v) is 11.9. The molecule has 172 valence electrons. The smallest absolute Gasteiger partial charge is 0.274 e. The molecular weight excluding hydrogens is 443 g/mol. The van der Waals surface area contributed by atoms with Crippen LogP contribution in [0.15, 0.2) is 29.9 Å². The first-order chi connectivity index (χ1) is 15.8. The number of carbonyl (C=O) groups is 2. The SMILES string of the molecule is C[C@H](Nc1nc(C(=O)N2CC(NC(=O)C3(C)CCC3)C2)c2sccc2n1)c1cncc(F)c1. The van der Waals surface area contributed by atoms with Gasteiger partial charge < -0.3 is 15.5 Å². The maximum Gasteiger partial charge on any atom is 0.274 e. The molecule has 0 unspecified atom stereocenters. The van der Waals surface area contributed by atoms with Crippen molar-refractivity contribution < 1.29 is 14.0 Å². The van der Waals surface area contributed by atoms with Crippen molar-refractivity contribution in [1.82, 2.24) is 25.2 Å². The van der Waals surface area contributed by atoms with Gasteiger partial charge >= 0.3 is 0 Å². The van der Waals surface area contributed by atoms with Crippen molar-refractivity contribution in [2.45, 2.75) is 45.2 Å². The first kappa shape index (κ1) is 21.7. The largest absolute Gasteiger partial charge is 0.349 e. The topological polar surface area (TPSA) is 100 Å². The number of nitrogens with zero attached hydrogens (tertiary/aromatic N) is 4. The number of thiophene rings is 1. The second-order valence-electron chi connectivity index (χ2n) is 9.13. The summed E-state index contributed by atoms with van der Waals surface area (Å²) >= 11 is 1.42. The van der Waals surface area contributed by atoms with Gasteiger partial charge in [-0.05, 0) is 42.8 Å². The zero-order valence-electron chi connectivity index (χ0n) is 18.5. The highest BCUT2D eigenvalue weighted by molar-refractivity contribution is 7.17. The van der Waals surface area contributed by atoms with E-state index in [1.165, 1.54) is 17.4 Å². The number of carbonyl (C=O) groups excluding carboxylic acids is 2. The summed E-state index contributed by atoms with van der Waals surface area (Å²) in [6, 6.07) is 2.91. The van der Waals surface area contributed by atoms with Crippen molar-refractivity contribution in [1.29, 1.82) is 0 Å². The molecule has 5 rings (SSSR count). The number of hydrogen-bond donors (Lipinski definition) is 2. The van der Waals surface area contributed by atoms with Gasteiger partial charge in [0, 0.05) is 24.7 Å². The minimum atomic E-state index is -0.419. The Kier molecular flexibility index (Phi) is 5.48. The molecule has 1 saturated heterocycles. The van der Waals surface area contributed by atoms with Gasteiger partial charge in [0.05, 0.1) is 28.5 Å². The second kappa shape index (κ2) is 8.33. The molecule has 3 aromatic heterocycles. The molecule has 1 saturated carbocycles. The van der Waals surface area contributed by atoms with Gasteiger partial charge in [0.2, 0.25) is 11.9 Å². The maximum absolute atomic E-state index is 13.5. The molecule has 2 aliphatic rings. The molecule has 1 atom stereocenters. The molecule has 2 fully saturated rings. The molecule has 0 bridgehead atoms. The summed E-state index contributed by atoms with van der Waals surface area (Å²) in [5.41, 5.74) is 1.40. The predicted molar refractivity (Wildman–Crippen MR) is 123 cm³/mol. The Morgan fingerprint density at radius 2 is 2.06 bits per heavy atom. The van der Waals surface area contributed by atoms with Crippen LogP contribution in [-0.4, -0.2) is 50.8 Å². The third-order valence-electron chi connectivity index (χ3n) is 6.59. The number of hydrogen-bond acceptors (Lipinski definition) is 7. The van der Waals surface area contributed by atoms with E-state index in [9.17, 15) is 14.0 Å². The molecular formula is C23H25FN6O2S. The summed E-state index contributed by atoms with van der Waals surface area (Å²) in [6.07, 6.45) is 5.66. The average Bonchev–Trinajstić information content (AvgIpc) is 3.21. The predicted octanol–water partition coefficient (Wildman–Crippen LogP) is 3.53. The van der Waals surface area contributed by atoms with Crippen LogP contribution in [0.25, 0.3) is 10.2 Å². The van der Waals surface area contributed by atoms with E-state index in [0.717, 1.165) is 30.2 Å². The Hall–Kier alpha value is -3.14. The Balaban J connectivity index is 1.29. The monoisotopic (exact) mass is 468 g/mol. The van der Waals surface area contributed by atoms with Crippen molar-refractivity contribution in [2.24, 2.45) is 5.41 Å². The number of fused-ring (bicyclic) bond motifs is 1. The number of pyridine rings is 1. The summed E-state index contributed by atoms with van der Waals surface area (Å²) in [5, 5.41) is 8.10. The van der Waals surface area contributed by atoms with Gasteiger partial charge in [0.15, 0.2) is 5.69 Å².